The molecular weight excluding hydrogens is 384 g/mol. The number of nitrogens with one attached hydrogen (secondary N) is 3. The van der Waals surface area contributed by atoms with Gasteiger partial charge in [-0.2, -0.15) is 0 Å². The number of nitrogens with zero attached hydrogens (tertiary/aromatic N) is 1. The third-order valence-electron chi connectivity index (χ3n) is 4.56. The van der Waals surface area contributed by atoms with Crippen LogP contribution in [0.1, 0.15) is 48.0 Å². The van der Waals surface area contributed by atoms with Gasteiger partial charge in [0.05, 0.1) is 26.5 Å². The quantitative estimate of drug-likeness (QED) is 0.313. The molecule has 0 radical (unpaired) electrons. The first kappa shape index (κ1) is 23.1. The number of benzene rings is 1. The van der Waals surface area contributed by atoms with Crippen molar-refractivity contribution in [2.24, 2.45) is 4.99 Å². The first-order chi connectivity index (χ1) is 14.5. The number of aliphatic imine (C=N–C) groups is 1. The highest BCUT2D eigenvalue weighted by molar-refractivity contribution is 5.92. The highest BCUT2D eigenvalue weighted by Crippen LogP contribution is 2.29. The van der Waals surface area contributed by atoms with Crippen molar-refractivity contribution in [1.82, 2.24) is 16.0 Å². The average molecular weight is 417 g/mol. The molecule has 0 saturated carbocycles. The van der Waals surface area contributed by atoms with Gasteiger partial charge in [-0.05, 0) is 51.5 Å². The van der Waals surface area contributed by atoms with Gasteiger partial charge in [0, 0.05) is 30.8 Å². The molecule has 8 heteroatoms. The van der Waals surface area contributed by atoms with Crippen LogP contribution in [0.2, 0.25) is 0 Å². The van der Waals surface area contributed by atoms with Crippen molar-refractivity contribution in [3.63, 3.8) is 0 Å². The van der Waals surface area contributed by atoms with Gasteiger partial charge < -0.3 is 29.8 Å². The molecule has 8 nitrogen and oxygen atoms in total. The van der Waals surface area contributed by atoms with E-state index in [0.29, 0.717) is 31.2 Å². The Hall–Kier alpha value is -3.16. The number of carbonyl (C=O) groups excluding carboxylic acids is 1. The Morgan fingerprint density at radius 3 is 2.63 bits per heavy atom. The van der Waals surface area contributed by atoms with E-state index >= 15 is 0 Å². The minimum atomic E-state index is -0.203. The molecule has 1 amide bonds. The summed E-state index contributed by atoms with van der Waals surface area (Å²) < 4.78 is 16.0. The molecule has 1 aromatic heterocycles. The molecule has 0 aliphatic heterocycles. The van der Waals surface area contributed by atoms with Crippen LogP contribution in [0.5, 0.6) is 11.5 Å². The van der Waals surface area contributed by atoms with Crippen LogP contribution < -0.4 is 25.4 Å². The maximum Gasteiger partial charge on any atom is 0.287 e. The molecule has 2 aromatic rings. The van der Waals surface area contributed by atoms with Gasteiger partial charge in [-0.1, -0.05) is 0 Å². The maximum absolute atomic E-state index is 12.1. The summed E-state index contributed by atoms with van der Waals surface area (Å²) >= 11 is 0. The normalized spacial score (nSPS) is 12.2. The Morgan fingerprint density at radius 2 is 2.00 bits per heavy atom. The summed E-state index contributed by atoms with van der Waals surface area (Å²) in [6.07, 6.45) is 2.22. The largest absolute Gasteiger partial charge is 0.497 e. The zero-order valence-corrected chi connectivity index (χ0v) is 18.4. The van der Waals surface area contributed by atoms with Gasteiger partial charge in [-0.15, -0.1) is 0 Å². The number of methoxy groups -OCH3 is 2. The first-order valence-electron chi connectivity index (χ1n) is 10.1. The van der Waals surface area contributed by atoms with E-state index in [1.165, 1.54) is 6.26 Å². The Bertz CT molecular complexity index is 847. The molecule has 0 aliphatic carbocycles. The van der Waals surface area contributed by atoms with Gasteiger partial charge in [-0.25, -0.2) is 0 Å². The fourth-order valence-corrected chi connectivity index (χ4v) is 2.94. The molecule has 164 valence electrons. The third-order valence-corrected chi connectivity index (χ3v) is 4.56. The molecule has 1 unspecified atom stereocenters. The van der Waals surface area contributed by atoms with E-state index in [4.69, 9.17) is 13.9 Å². The molecule has 0 bridgehead atoms. The molecule has 3 N–H and O–H groups in total. The smallest absolute Gasteiger partial charge is 0.287 e. The number of furan rings is 1. The lowest BCUT2D eigenvalue weighted by molar-refractivity contribution is 0.0925. The molecular formula is C22H32N4O4. The zero-order valence-electron chi connectivity index (χ0n) is 18.4. The number of aryl methyl sites for hydroxylation is 1. The summed E-state index contributed by atoms with van der Waals surface area (Å²) in [5, 5.41) is 9.49. The third kappa shape index (κ3) is 6.43. The van der Waals surface area contributed by atoms with E-state index in [-0.39, 0.29) is 11.9 Å². The lowest BCUT2D eigenvalue weighted by atomic mass is 10.1. The van der Waals surface area contributed by atoms with Crippen molar-refractivity contribution in [3.05, 3.63) is 47.4 Å². The second kappa shape index (κ2) is 11.7. The number of rotatable bonds is 10. The van der Waals surface area contributed by atoms with Crippen molar-refractivity contribution in [1.29, 1.82) is 0 Å². The predicted octanol–water partition coefficient (Wildman–Crippen LogP) is 3.04. The summed E-state index contributed by atoms with van der Waals surface area (Å²) in [6.45, 7) is 7.71. The zero-order chi connectivity index (χ0) is 21.9. The summed E-state index contributed by atoms with van der Waals surface area (Å²) in [5.41, 5.74) is 1.80. The average Bonchev–Trinajstić information content (AvgIpc) is 3.18. The fourth-order valence-electron chi connectivity index (χ4n) is 2.94. The molecule has 0 fully saturated rings. The number of guanidine groups is 1. The summed E-state index contributed by atoms with van der Waals surface area (Å²) in [7, 11) is 3.29. The van der Waals surface area contributed by atoms with Crippen LogP contribution in [0, 0.1) is 6.92 Å². The van der Waals surface area contributed by atoms with Crippen LogP contribution in [0.25, 0.3) is 0 Å². The Labute approximate surface area is 178 Å². The Morgan fingerprint density at radius 1 is 1.20 bits per heavy atom. The van der Waals surface area contributed by atoms with Crippen LogP contribution in [0.15, 0.2) is 39.9 Å². The molecule has 0 aliphatic rings. The molecule has 1 atom stereocenters. The Balaban J connectivity index is 1.91. The maximum atomic E-state index is 12.1. The van der Waals surface area contributed by atoms with E-state index in [0.717, 1.165) is 29.2 Å². The topological polar surface area (TPSA) is 97.1 Å². The first-order valence-corrected chi connectivity index (χ1v) is 10.1. The number of ether oxygens (including phenoxy) is 2. The fraction of sp³-hybridized carbons (Fsp3) is 0.455. The Kier molecular flexibility index (Phi) is 9.05. The minimum absolute atomic E-state index is 0.0468. The minimum Gasteiger partial charge on any atom is -0.497 e. The standard InChI is InChI=1S/C22H32N4O4/c1-6-23-22(25-12-7-11-24-21(27)20-15(2)10-13-30-20)26-16(3)18-14-17(28-4)8-9-19(18)29-5/h8-10,13-14,16H,6-7,11-12H2,1-5H3,(H,24,27)(H2,23,25,26). The van der Waals surface area contributed by atoms with E-state index in [9.17, 15) is 4.79 Å². The van der Waals surface area contributed by atoms with Crippen molar-refractivity contribution in [3.8, 4) is 11.5 Å². The summed E-state index contributed by atoms with van der Waals surface area (Å²) in [6, 6.07) is 7.43. The lowest BCUT2D eigenvalue weighted by Gasteiger charge is -2.20. The summed E-state index contributed by atoms with van der Waals surface area (Å²) in [4.78, 5) is 16.7. The highest BCUT2D eigenvalue weighted by atomic mass is 16.5. The van der Waals surface area contributed by atoms with Crippen LogP contribution in [-0.2, 0) is 0 Å². The van der Waals surface area contributed by atoms with Crippen molar-refractivity contribution in [2.45, 2.75) is 33.2 Å². The van der Waals surface area contributed by atoms with E-state index in [1.54, 1.807) is 20.3 Å². The van der Waals surface area contributed by atoms with Crippen molar-refractivity contribution >= 4 is 11.9 Å². The molecule has 2 rings (SSSR count). The van der Waals surface area contributed by atoms with E-state index < -0.39 is 0 Å². The summed E-state index contributed by atoms with van der Waals surface area (Å²) in [5.74, 6) is 2.40. The number of hydrogen-bond acceptors (Lipinski definition) is 5. The lowest BCUT2D eigenvalue weighted by Crippen LogP contribution is -2.39. The van der Waals surface area contributed by atoms with Gasteiger partial charge in [0.25, 0.3) is 5.91 Å². The highest BCUT2D eigenvalue weighted by Gasteiger charge is 2.14. The van der Waals surface area contributed by atoms with Crippen LogP contribution in [-0.4, -0.2) is 45.7 Å². The molecule has 1 aromatic carbocycles. The van der Waals surface area contributed by atoms with E-state index in [2.05, 4.69) is 20.9 Å². The second-order valence-electron chi connectivity index (χ2n) is 6.78. The SMILES string of the molecule is CCNC(=NCCCNC(=O)c1occc1C)NC(C)c1cc(OC)ccc1OC. The van der Waals surface area contributed by atoms with Crippen LogP contribution >= 0.6 is 0 Å². The number of hydrogen-bond donors (Lipinski definition) is 3. The van der Waals surface area contributed by atoms with Crippen molar-refractivity contribution < 1.29 is 18.7 Å². The molecule has 1 heterocycles. The molecule has 0 saturated heterocycles. The van der Waals surface area contributed by atoms with Crippen molar-refractivity contribution in [2.75, 3.05) is 33.9 Å². The van der Waals surface area contributed by atoms with Gasteiger partial charge >= 0.3 is 0 Å². The van der Waals surface area contributed by atoms with Crippen LogP contribution in [0.3, 0.4) is 0 Å². The molecule has 30 heavy (non-hydrogen) atoms. The van der Waals surface area contributed by atoms with Gasteiger partial charge in [0.1, 0.15) is 11.5 Å². The predicted molar refractivity (Wildman–Crippen MR) is 117 cm³/mol. The van der Waals surface area contributed by atoms with E-state index in [1.807, 2.05) is 39.0 Å². The van der Waals surface area contributed by atoms with Crippen LogP contribution in [0.4, 0.5) is 0 Å². The second-order valence-corrected chi connectivity index (χ2v) is 6.78. The number of amides is 1. The monoisotopic (exact) mass is 416 g/mol. The van der Waals surface area contributed by atoms with Gasteiger partial charge in [0.2, 0.25) is 0 Å². The van der Waals surface area contributed by atoms with Gasteiger partial charge in [-0.3, -0.25) is 9.79 Å². The molecule has 0 spiro atoms. The van der Waals surface area contributed by atoms with Gasteiger partial charge in [0.15, 0.2) is 11.7 Å². The number of carbonyl (C=O) groups is 1.